The number of carbonyl (C=O) groups is 1. The summed E-state index contributed by atoms with van der Waals surface area (Å²) in [5.74, 6) is 0.253. The molecule has 25 heavy (non-hydrogen) atoms. The van der Waals surface area contributed by atoms with Gasteiger partial charge in [0.2, 0.25) is 0 Å². The minimum Gasteiger partial charge on any atom is -0.339 e. The van der Waals surface area contributed by atoms with E-state index in [4.69, 9.17) is 23.2 Å². The monoisotopic (exact) mass is 379 g/mol. The van der Waals surface area contributed by atoms with Gasteiger partial charge in [-0.25, -0.2) is 4.68 Å². The van der Waals surface area contributed by atoms with Crippen molar-refractivity contribution in [2.45, 2.75) is 26.3 Å². The maximum Gasteiger partial charge on any atom is 0.266 e. The summed E-state index contributed by atoms with van der Waals surface area (Å²) in [5.41, 5.74) is 1.21. The zero-order valence-corrected chi connectivity index (χ0v) is 15.4. The maximum absolute atomic E-state index is 12.6. The molecule has 132 valence electrons. The van der Waals surface area contributed by atoms with Crippen molar-refractivity contribution < 1.29 is 4.79 Å². The van der Waals surface area contributed by atoms with Crippen LogP contribution in [0, 0.1) is 12.8 Å². The van der Waals surface area contributed by atoms with Crippen LogP contribution in [-0.2, 0) is 6.54 Å². The molecule has 1 aliphatic rings. The molecule has 1 fully saturated rings. The molecule has 5 nitrogen and oxygen atoms in total. The second-order valence-electron chi connectivity index (χ2n) is 6.35. The third-order valence-electron chi connectivity index (χ3n) is 4.49. The fraction of sp³-hybridized carbons (Fsp3) is 0.389. The van der Waals surface area contributed by atoms with Crippen molar-refractivity contribution in [2.75, 3.05) is 13.1 Å². The van der Waals surface area contributed by atoms with E-state index in [1.807, 2.05) is 6.92 Å². The Kier molecular flexibility index (Phi) is 5.45. The van der Waals surface area contributed by atoms with E-state index in [0.717, 1.165) is 18.5 Å². The summed E-state index contributed by atoms with van der Waals surface area (Å²) in [7, 11) is 0. The van der Waals surface area contributed by atoms with Gasteiger partial charge >= 0.3 is 0 Å². The number of halogens is 2. The van der Waals surface area contributed by atoms with Crippen LogP contribution in [0.5, 0.6) is 0 Å². The Bertz CT molecular complexity index is 842. The molecule has 0 aliphatic carbocycles. The smallest absolute Gasteiger partial charge is 0.266 e. The number of rotatable bonds is 3. The van der Waals surface area contributed by atoms with Gasteiger partial charge in [0.1, 0.15) is 0 Å². The number of amides is 1. The van der Waals surface area contributed by atoms with Gasteiger partial charge in [-0.2, -0.15) is 5.10 Å². The molecule has 0 radical (unpaired) electrons. The second-order valence-corrected chi connectivity index (χ2v) is 7.20. The normalized spacial score (nSPS) is 15.4. The summed E-state index contributed by atoms with van der Waals surface area (Å²) in [6, 6.07) is 8.18. The molecule has 7 heteroatoms. The van der Waals surface area contributed by atoms with Gasteiger partial charge in [-0.15, -0.1) is 0 Å². The number of hydrogen-bond acceptors (Lipinski definition) is 3. The van der Waals surface area contributed by atoms with Gasteiger partial charge in [-0.1, -0.05) is 23.2 Å². The molecule has 0 atom stereocenters. The predicted octanol–water partition coefficient (Wildman–Crippen LogP) is 3.41. The summed E-state index contributed by atoms with van der Waals surface area (Å²) in [5, 5.41) is 5.16. The summed E-state index contributed by atoms with van der Waals surface area (Å²) >= 11 is 12.0. The van der Waals surface area contributed by atoms with E-state index in [2.05, 4.69) is 5.10 Å². The topological polar surface area (TPSA) is 55.2 Å². The van der Waals surface area contributed by atoms with Crippen molar-refractivity contribution in [1.29, 1.82) is 0 Å². The van der Waals surface area contributed by atoms with Gasteiger partial charge in [0.15, 0.2) is 0 Å². The number of aryl methyl sites for hydroxylation is 1. The number of likely N-dealkylation sites (tertiary alicyclic amines) is 1. The fourth-order valence-corrected chi connectivity index (χ4v) is 3.57. The standard InChI is InChI=1S/C18H19Cl2N3O2/c1-12-2-5-17(24)23(21-12)11-13-6-8-22(9-7-13)18(25)15-4-3-14(19)10-16(15)20/h2-5,10,13H,6-9,11H2,1H3. The van der Waals surface area contributed by atoms with Crippen molar-refractivity contribution in [3.63, 3.8) is 0 Å². The van der Waals surface area contributed by atoms with Crippen LogP contribution in [0.3, 0.4) is 0 Å². The molecule has 1 aromatic carbocycles. The van der Waals surface area contributed by atoms with E-state index in [1.54, 1.807) is 35.2 Å². The Morgan fingerprint density at radius 1 is 1.20 bits per heavy atom. The van der Waals surface area contributed by atoms with E-state index in [9.17, 15) is 9.59 Å². The molecule has 0 bridgehead atoms. The lowest BCUT2D eigenvalue weighted by molar-refractivity contribution is 0.0680. The molecule has 1 saturated heterocycles. The van der Waals surface area contributed by atoms with Gasteiger partial charge in [0, 0.05) is 30.7 Å². The Morgan fingerprint density at radius 2 is 1.92 bits per heavy atom. The highest BCUT2D eigenvalue weighted by atomic mass is 35.5. The molecule has 0 spiro atoms. The third kappa shape index (κ3) is 4.22. The molecule has 3 rings (SSSR count). The second kappa shape index (κ2) is 7.58. The first-order valence-corrected chi connectivity index (χ1v) is 8.99. The average molecular weight is 380 g/mol. The van der Waals surface area contributed by atoms with Gasteiger partial charge in [0.25, 0.3) is 11.5 Å². The zero-order chi connectivity index (χ0) is 18.0. The van der Waals surface area contributed by atoms with Crippen molar-refractivity contribution >= 4 is 29.1 Å². The van der Waals surface area contributed by atoms with Crippen molar-refractivity contribution in [3.8, 4) is 0 Å². The van der Waals surface area contributed by atoms with E-state index in [1.165, 1.54) is 4.68 Å². The molecule has 2 aromatic rings. The first kappa shape index (κ1) is 18.0. The predicted molar refractivity (Wildman–Crippen MR) is 98.3 cm³/mol. The van der Waals surface area contributed by atoms with Gasteiger partial charge in [0.05, 0.1) is 16.3 Å². The first-order valence-electron chi connectivity index (χ1n) is 8.23. The van der Waals surface area contributed by atoms with Crippen LogP contribution in [-0.4, -0.2) is 33.7 Å². The minimum atomic E-state index is -0.0861. The van der Waals surface area contributed by atoms with E-state index in [-0.39, 0.29) is 11.5 Å². The Hall–Kier alpha value is -1.85. The lowest BCUT2D eigenvalue weighted by atomic mass is 9.96. The van der Waals surface area contributed by atoms with Crippen LogP contribution in [0.4, 0.5) is 0 Å². The maximum atomic E-state index is 12.6. The van der Waals surface area contributed by atoms with Crippen LogP contribution in [0.1, 0.15) is 28.9 Å². The van der Waals surface area contributed by atoms with Crippen molar-refractivity contribution in [1.82, 2.24) is 14.7 Å². The SMILES string of the molecule is Cc1ccc(=O)n(CC2CCN(C(=O)c3ccc(Cl)cc3Cl)CC2)n1. The molecule has 1 amide bonds. The lowest BCUT2D eigenvalue weighted by Gasteiger charge is -2.32. The van der Waals surface area contributed by atoms with Crippen LogP contribution in [0.25, 0.3) is 0 Å². The van der Waals surface area contributed by atoms with Gasteiger partial charge in [-0.05, 0) is 49.9 Å². The fourth-order valence-electron chi connectivity index (χ4n) is 3.08. The van der Waals surface area contributed by atoms with Crippen LogP contribution >= 0.6 is 23.2 Å². The summed E-state index contributed by atoms with van der Waals surface area (Å²) in [6.45, 7) is 3.74. The Balaban J connectivity index is 1.62. The minimum absolute atomic E-state index is 0.0778. The molecule has 1 aliphatic heterocycles. The molecule has 0 N–H and O–H groups in total. The quantitative estimate of drug-likeness (QED) is 0.820. The highest BCUT2D eigenvalue weighted by Crippen LogP contribution is 2.25. The first-order chi connectivity index (χ1) is 11.9. The van der Waals surface area contributed by atoms with Crippen LogP contribution in [0.15, 0.2) is 35.1 Å². The number of carbonyl (C=O) groups excluding carboxylic acids is 1. The largest absolute Gasteiger partial charge is 0.339 e. The molecular formula is C18H19Cl2N3O2. The lowest BCUT2D eigenvalue weighted by Crippen LogP contribution is -2.40. The molecule has 0 unspecified atom stereocenters. The number of piperidine rings is 1. The van der Waals surface area contributed by atoms with E-state index in [0.29, 0.717) is 41.2 Å². The van der Waals surface area contributed by atoms with E-state index >= 15 is 0 Å². The van der Waals surface area contributed by atoms with Gasteiger partial charge < -0.3 is 4.90 Å². The van der Waals surface area contributed by atoms with Crippen LogP contribution < -0.4 is 5.56 Å². The third-order valence-corrected chi connectivity index (χ3v) is 5.04. The number of benzene rings is 1. The highest BCUT2D eigenvalue weighted by molar-refractivity contribution is 6.36. The van der Waals surface area contributed by atoms with E-state index < -0.39 is 0 Å². The van der Waals surface area contributed by atoms with Gasteiger partial charge in [-0.3, -0.25) is 9.59 Å². The summed E-state index contributed by atoms with van der Waals surface area (Å²) < 4.78 is 1.52. The van der Waals surface area contributed by atoms with Crippen molar-refractivity contribution in [3.05, 3.63) is 62.0 Å². The number of hydrogen-bond donors (Lipinski definition) is 0. The molecular weight excluding hydrogens is 361 g/mol. The number of nitrogens with zero attached hydrogens (tertiary/aromatic N) is 3. The number of aromatic nitrogens is 2. The summed E-state index contributed by atoms with van der Waals surface area (Å²) in [6.07, 6.45) is 1.66. The molecule has 1 aromatic heterocycles. The zero-order valence-electron chi connectivity index (χ0n) is 13.9. The summed E-state index contributed by atoms with van der Waals surface area (Å²) in [4.78, 5) is 26.3. The van der Waals surface area contributed by atoms with Crippen molar-refractivity contribution in [2.24, 2.45) is 5.92 Å². The molecule has 0 saturated carbocycles. The van der Waals surface area contributed by atoms with Crippen LogP contribution in [0.2, 0.25) is 10.0 Å². The Morgan fingerprint density at radius 3 is 2.60 bits per heavy atom. The average Bonchev–Trinajstić information content (AvgIpc) is 2.58. The highest BCUT2D eigenvalue weighted by Gasteiger charge is 2.25. The molecule has 2 heterocycles. The Labute approximate surface area is 156 Å².